The van der Waals surface area contributed by atoms with Crippen LogP contribution in [0.2, 0.25) is 0 Å². The van der Waals surface area contributed by atoms with Gasteiger partial charge in [0.25, 0.3) is 0 Å². The van der Waals surface area contributed by atoms with Crippen LogP contribution in [0.1, 0.15) is 52.3 Å². The number of imidazole rings is 1. The SMILES string of the molecule is CC(c1nc2ccc(C(=O)O)cc2n1C[C@@H]1CCO1)N1CCN(c2cc(C(F)(F)F)cc(OCc3ccc(C#N)cc3F)n2)CC1. The minimum absolute atomic E-state index is 0.00508. The third kappa shape index (κ3) is 6.47. The van der Waals surface area contributed by atoms with E-state index in [0.29, 0.717) is 50.4 Å². The van der Waals surface area contributed by atoms with Crippen LogP contribution >= 0.6 is 0 Å². The zero-order valence-corrected chi connectivity index (χ0v) is 24.8. The van der Waals surface area contributed by atoms with Crippen LogP contribution in [0.15, 0.2) is 48.5 Å². The van der Waals surface area contributed by atoms with Gasteiger partial charge in [-0.05, 0) is 49.7 Å². The summed E-state index contributed by atoms with van der Waals surface area (Å²) in [6.45, 7) is 4.58. The Morgan fingerprint density at radius 3 is 2.52 bits per heavy atom. The van der Waals surface area contributed by atoms with Crippen LogP contribution in [-0.2, 0) is 24.1 Å². The molecule has 2 fully saturated rings. The number of hydrogen-bond acceptors (Lipinski definition) is 8. The van der Waals surface area contributed by atoms with Crippen molar-refractivity contribution in [2.45, 2.75) is 44.8 Å². The molecule has 4 heterocycles. The fraction of sp³-hybridized carbons (Fsp3) is 0.375. The van der Waals surface area contributed by atoms with Gasteiger partial charge in [0.1, 0.15) is 24.1 Å². The van der Waals surface area contributed by atoms with Crippen molar-refractivity contribution < 1.29 is 36.9 Å². The Morgan fingerprint density at radius 2 is 1.89 bits per heavy atom. The van der Waals surface area contributed by atoms with E-state index in [1.54, 1.807) is 17.0 Å². The number of halogens is 4. The number of carbonyl (C=O) groups is 1. The lowest BCUT2D eigenvalue weighted by atomic mass is 10.1. The molecule has 2 atom stereocenters. The van der Waals surface area contributed by atoms with Crippen LogP contribution in [-0.4, -0.2) is 69.4 Å². The van der Waals surface area contributed by atoms with Crippen molar-refractivity contribution in [1.82, 2.24) is 19.4 Å². The van der Waals surface area contributed by atoms with E-state index in [4.69, 9.17) is 19.7 Å². The molecule has 14 heteroatoms. The van der Waals surface area contributed by atoms with Gasteiger partial charge in [-0.15, -0.1) is 0 Å². The van der Waals surface area contributed by atoms with Crippen LogP contribution in [0.5, 0.6) is 5.88 Å². The number of anilines is 1. The second-order valence-corrected chi connectivity index (χ2v) is 11.3. The Bertz CT molecular complexity index is 1810. The zero-order valence-electron chi connectivity index (χ0n) is 24.8. The topological polar surface area (TPSA) is 117 Å². The van der Waals surface area contributed by atoms with E-state index in [-0.39, 0.29) is 47.1 Å². The first-order chi connectivity index (χ1) is 22.0. The molecule has 2 aliphatic heterocycles. The van der Waals surface area contributed by atoms with E-state index in [1.165, 1.54) is 18.2 Å². The molecule has 46 heavy (non-hydrogen) atoms. The van der Waals surface area contributed by atoms with E-state index in [2.05, 4.69) is 9.88 Å². The third-order valence-electron chi connectivity index (χ3n) is 8.44. The molecule has 0 bridgehead atoms. The highest BCUT2D eigenvalue weighted by Crippen LogP contribution is 2.35. The molecule has 1 unspecified atom stereocenters. The van der Waals surface area contributed by atoms with Crippen LogP contribution in [0, 0.1) is 17.1 Å². The number of nitriles is 1. The summed E-state index contributed by atoms with van der Waals surface area (Å²) in [7, 11) is 0. The number of aromatic nitrogens is 3. The highest BCUT2D eigenvalue weighted by molar-refractivity contribution is 5.92. The molecule has 0 amide bonds. The molecule has 2 aromatic heterocycles. The van der Waals surface area contributed by atoms with E-state index < -0.39 is 23.5 Å². The number of aromatic carboxylic acids is 1. The first-order valence-corrected chi connectivity index (χ1v) is 14.7. The Hall–Kier alpha value is -4.74. The van der Waals surface area contributed by atoms with Crippen molar-refractivity contribution >= 4 is 22.8 Å². The van der Waals surface area contributed by atoms with Crippen molar-refractivity contribution in [3.63, 3.8) is 0 Å². The standard InChI is InChI=1S/C32H30F4N6O4/c1-19(30-38-26-5-4-21(31(43)44)13-27(26)42(30)17-24-6-11-45-24)40-7-9-41(10-8-40)28-14-23(32(34,35)36)15-29(39-28)46-18-22-3-2-20(16-37)12-25(22)33/h2-5,12-15,19,24H,6-11,17-18H2,1H3,(H,43,44)/t19?,24-/m0/s1. The molecule has 2 aromatic carbocycles. The van der Waals surface area contributed by atoms with Crippen LogP contribution in [0.4, 0.5) is 23.4 Å². The van der Waals surface area contributed by atoms with Gasteiger partial charge < -0.3 is 24.0 Å². The lowest BCUT2D eigenvalue weighted by molar-refractivity contribution is -0.137. The summed E-state index contributed by atoms with van der Waals surface area (Å²) >= 11 is 0. The lowest BCUT2D eigenvalue weighted by Gasteiger charge is -2.39. The van der Waals surface area contributed by atoms with Crippen molar-refractivity contribution in [2.75, 3.05) is 37.7 Å². The minimum Gasteiger partial charge on any atom is -0.478 e. The largest absolute Gasteiger partial charge is 0.478 e. The molecule has 10 nitrogen and oxygen atoms in total. The average Bonchev–Trinajstić information content (AvgIpc) is 3.38. The smallest absolute Gasteiger partial charge is 0.416 e. The number of rotatable bonds is 9. The van der Waals surface area contributed by atoms with Crippen molar-refractivity contribution in [1.29, 1.82) is 5.26 Å². The first-order valence-electron chi connectivity index (χ1n) is 14.7. The number of carboxylic acid groups (broad SMARTS) is 1. The Morgan fingerprint density at radius 1 is 1.13 bits per heavy atom. The lowest BCUT2D eigenvalue weighted by Crippen LogP contribution is -2.48. The van der Waals surface area contributed by atoms with Gasteiger partial charge in [-0.1, -0.05) is 6.07 Å². The third-order valence-corrected chi connectivity index (χ3v) is 8.44. The van der Waals surface area contributed by atoms with Crippen molar-refractivity contribution in [3.05, 3.63) is 82.4 Å². The normalized spacial score (nSPS) is 17.8. The van der Waals surface area contributed by atoms with Crippen molar-refractivity contribution in [2.24, 2.45) is 0 Å². The number of pyridine rings is 1. The summed E-state index contributed by atoms with van der Waals surface area (Å²) in [5.74, 6) is -1.18. The maximum Gasteiger partial charge on any atom is 0.416 e. The molecular weight excluding hydrogens is 608 g/mol. The van der Waals surface area contributed by atoms with Crippen LogP contribution in [0.3, 0.4) is 0 Å². The van der Waals surface area contributed by atoms with Gasteiger partial charge >= 0.3 is 12.1 Å². The molecule has 2 aliphatic rings. The number of benzene rings is 2. The quantitative estimate of drug-likeness (QED) is 0.240. The molecule has 0 radical (unpaired) electrons. The number of piperazine rings is 1. The van der Waals surface area contributed by atoms with Gasteiger partial charge in [0.05, 0.1) is 52.5 Å². The molecule has 0 spiro atoms. The summed E-state index contributed by atoms with van der Waals surface area (Å²) in [5, 5.41) is 18.5. The number of carboxylic acids is 1. The van der Waals surface area contributed by atoms with Crippen LogP contribution < -0.4 is 9.64 Å². The van der Waals surface area contributed by atoms with E-state index in [9.17, 15) is 27.5 Å². The number of alkyl halides is 3. The first kappa shape index (κ1) is 31.3. The molecule has 4 aromatic rings. The van der Waals surface area contributed by atoms with E-state index >= 15 is 0 Å². The van der Waals surface area contributed by atoms with Gasteiger partial charge in [-0.25, -0.2) is 14.2 Å². The molecule has 2 saturated heterocycles. The Labute approximate surface area is 261 Å². The highest BCUT2D eigenvalue weighted by atomic mass is 19.4. The molecular formula is C32H30F4N6O4. The monoisotopic (exact) mass is 638 g/mol. The summed E-state index contributed by atoms with van der Waals surface area (Å²) in [6.07, 6.45) is -3.76. The van der Waals surface area contributed by atoms with Crippen molar-refractivity contribution in [3.8, 4) is 11.9 Å². The maximum absolute atomic E-state index is 14.3. The number of nitrogens with zero attached hydrogens (tertiary/aromatic N) is 6. The van der Waals surface area contributed by atoms with Crippen LogP contribution in [0.25, 0.3) is 11.0 Å². The van der Waals surface area contributed by atoms with Gasteiger partial charge in [-0.3, -0.25) is 4.90 Å². The van der Waals surface area contributed by atoms with Gasteiger partial charge in [0, 0.05) is 44.4 Å². The second-order valence-electron chi connectivity index (χ2n) is 11.3. The summed E-state index contributed by atoms with van der Waals surface area (Å²) in [4.78, 5) is 24.7. The zero-order chi connectivity index (χ0) is 32.6. The number of fused-ring (bicyclic) bond motifs is 1. The average molecular weight is 639 g/mol. The molecule has 0 aliphatic carbocycles. The molecule has 6 rings (SSSR count). The summed E-state index contributed by atoms with van der Waals surface area (Å²) in [6, 6.07) is 12.0. The predicted octanol–water partition coefficient (Wildman–Crippen LogP) is 5.41. The van der Waals surface area contributed by atoms with Gasteiger partial charge in [0.15, 0.2) is 0 Å². The molecule has 240 valence electrons. The fourth-order valence-corrected chi connectivity index (χ4v) is 5.70. The summed E-state index contributed by atoms with van der Waals surface area (Å²) < 4.78 is 69.1. The Balaban J connectivity index is 1.20. The fourth-order valence-electron chi connectivity index (χ4n) is 5.70. The summed E-state index contributed by atoms with van der Waals surface area (Å²) in [5.41, 5.74) is 0.803. The Kier molecular flexibility index (Phi) is 8.54. The van der Waals surface area contributed by atoms with Gasteiger partial charge in [0.2, 0.25) is 5.88 Å². The number of hydrogen-bond donors (Lipinski definition) is 1. The highest BCUT2D eigenvalue weighted by Gasteiger charge is 2.34. The van der Waals surface area contributed by atoms with E-state index in [0.717, 1.165) is 30.4 Å². The van der Waals surface area contributed by atoms with Gasteiger partial charge in [-0.2, -0.15) is 23.4 Å². The number of ether oxygens (including phenoxy) is 2. The second kappa shape index (κ2) is 12.6. The predicted molar refractivity (Wildman–Crippen MR) is 158 cm³/mol. The molecule has 0 saturated carbocycles. The minimum atomic E-state index is -4.66. The molecule has 1 N–H and O–H groups in total. The maximum atomic E-state index is 14.3. The van der Waals surface area contributed by atoms with E-state index in [1.807, 2.05) is 17.6 Å².